The average molecular weight is 490 g/mol. The van der Waals surface area contributed by atoms with Crippen molar-refractivity contribution in [3.63, 3.8) is 0 Å². The average Bonchev–Trinajstić information content (AvgIpc) is 3.51. The molecular formula is C28H27NO7. The summed E-state index contributed by atoms with van der Waals surface area (Å²) < 4.78 is 22.5. The second kappa shape index (κ2) is 10.2. The highest BCUT2D eigenvalue weighted by atomic mass is 16.6. The van der Waals surface area contributed by atoms with Gasteiger partial charge in [0.25, 0.3) is 11.7 Å². The van der Waals surface area contributed by atoms with Gasteiger partial charge < -0.3 is 28.6 Å². The number of benzene rings is 2. The molecule has 2 aliphatic heterocycles. The number of fused-ring (bicyclic) bond motifs is 1. The van der Waals surface area contributed by atoms with Gasteiger partial charge in [0.2, 0.25) is 0 Å². The van der Waals surface area contributed by atoms with Crippen molar-refractivity contribution < 1.29 is 33.3 Å². The number of hydrogen-bond donors (Lipinski definition) is 1. The number of carbonyl (C=O) groups is 2. The van der Waals surface area contributed by atoms with Gasteiger partial charge in [-0.15, -0.1) is 0 Å². The quantitative estimate of drug-likeness (QED) is 0.209. The summed E-state index contributed by atoms with van der Waals surface area (Å²) in [6, 6.07) is 14.8. The zero-order valence-corrected chi connectivity index (χ0v) is 19.9. The van der Waals surface area contributed by atoms with Crippen LogP contribution in [0.15, 0.2) is 70.9 Å². The lowest BCUT2D eigenvalue weighted by molar-refractivity contribution is -0.140. The first-order chi connectivity index (χ1) is 17.6. The molecule has 1 fully saturated rings. The van der Waals surface area contributed by atoms with Crippen LogP contribution in [-0.2, 0) is 16.1 Å². The first-order valence-corrected chi connectivity index (χ1v) is 12.0. The Morgan fingerprint density at radius 3 is 2.67 bits per heavy atom. The molecule has 8 nitrogen and oxygen atoms in total. The number of aliphatic hydroxyl groups excluding tert-OH is 1. The van der Waals surface area contributed by atoms with Crippen LogP contribution in [0.5, 0.6) is 17.2 Å². The van der Waals surface area contributed by atoms with Gasteiger partial charge >= 0.3 is 0 Å². The Morgan fingerprint density at radius 1 is 1.06 bits per heavy atom. The number of likely N-dealkylation sites (tertiary alicyclic amines) is 1. The Balaban J connectivity index is 1.59. The summed E-state index contributed by atoms with van der Waals surface area (Å²) in [5, 5.41) is 11.4. The number of amides is 1. The van der Waals surface area contributed by atoms with Crippen molar-refractivity contribution in [1.82, 2.24) is 4.90 Å². The highest BCUT2D eigenvalue weighted by Crippen LogP contribution is 2.42. The van der Waals surface area contributed by atoms with Gasteiger partial charge in [0.05, 0.1) is 31.0 Å². The molecule has 1 N–H and O–H groups in total. The third kappa shape index (κ3) is 4.54. The molecule has 8 heteroatoms. The number of Topliss-reactive ketones (excluding diaryl/α,β-unsaturated/α-hetero) is 1. The minimum Gasteiger partial charge on any atom is -0.507 e. The fourth-order valence-corrected chi connectivity index (χ4v) is 4.42. The standard InChI is InChI=1S/C28H27NO7/c1-2-3-11-33-20-7-4-6-18(15-20)25-24(27(31)28(32)29(25)17-21-8-5-12-34-21)26(30)19-9-10-22-23(16-19)36-14-13-35-22/h4-10,12,15-16,25,30H,2-3,11,13-14,17H2,1H3/b26-24+/t25-/m0/s1. The lowest BCUT2D eigenvalue weighted by Crippen LogP contribution is -2.29. The molecule has 2 aliphatic rings. The van der Waals surface area contributed by atoms with E-state index in [9.17, 15) is 14.7 Å². The Bertz CT molecular complexity index is 1290. The molecule has 1 saturated heterocycles. The summed E-state index contributed by atoms with van der Waals surface area (Å²) in [6.45, 7) is 3.53. The van der Waals surface area contributed by atoms with E-state index in [0.717, 1.165) is 12.8 Å². The molecular weight excluding hydrogens is 462 g/mol. The highest BCUT2D eigenvalue weighted by Gasteiger charge is 2.46. The van der Waals surface area contributed by atoms with Crippen LogP contribution in [0.25, 0.3) is 5.76 Å². The topological polar surface area (TPSA) is 98.4 Å². The molecule has 5 rings (SSSR count). The summed E-state index contributed by atoms with van der Waals surface area (Å²) in [5.74, 6) is 0.418. The Morgan fingerprint density at radius 2 is 1.89 bits per heavy atom. The van der Waals surface area contributed by atoms with Crippen molar-refractivity contribution in [2.24, 2.45) is 0 Å². The minimum atomic E-state index is -0.835. The third-order valence-electron chi connectivity index (χ3n) is 6.20. The summed E-state index contributed by atoms with van der Waals surface area (Å²) in [7, 11) is 0. The van der Waals surface area contributed by atoms with Crippen molar-refractivity contribution in [1.29, 1.82) is 0 Å². The molecule has 0 radical (unpaired) electrons. The van der Waals surface area contributed by atoms with Crippen LogP contribution < -0.4 is 14.2 Å². The Hall–Kier alpha value is -4.20. The van der Waals surface area contributed by atoms with Gasteiger partial charge in [-0.05, 0) is 54.4 Å². The zero-order chi connectivity index (χ0) is 25.1. The van der Waals surface area contributed by atoms with Crippen molar-refractivity contribution in [2.75, 3.05) is 19.8 Å². The van der Waals surface area contributed by atoms with Gasteiger partial charge in [-0.25, -0.2) is 0 Å². The van der Waals surface area contributed by atoms with Crippen LogP contribution in [0, 0.1) is 0 Å². The minimum absolute atomic E-state index is 0.00561. The molecule has 0 spiro atoms. The SMILES string of the molecule is CCCCOc1cccc([C@H]2/C(=C(\O)c3ccc4c(c3)OCCO4)C(=O)C(=O)N2Cc2ccco2)c1. The number of nitrogens with zero attached hydrogens (tertiary/aromatic N) is 1. The fraction of sp³-hybridized carbons (Fsp3) is 0.286. The summed E-state index contributed by atoms with van der Waals surface area (Å²) in [6.07, 6.45) is 3.42. The van der Waals surface area contributed by atoms with Crippen LogP contribution in [0.2, 0.25) is 0 Å². The van der Waals surface area contributed by atoms with E-state index in [4.69, 9.17) is 18.6 Å². The van der Waals surface area contributed by atoms with Gasteiger partial charge in [0.1, 0.15) is 30.5 Å². The third-order valence-corrected chi connectivity index (χ3v) is 6.20. The number of unbranched alkanes of at least 4 members (excludes halogenated alkanes) is 1. The number of ether oxygens (including phenoxy) is 3. The smallest absolute Gasteiger partial charge is 0.296 e. The Labute approximate surface area is 208 Å². The van der Waals surface area contributed by atoms with Crippen LogP contribution in [0.1, 0.15) is 42.7 Å². The van der Waals surface area contributed by atoms with E-state index in [0.29, 0.717) is 54.0 Å². The van der Waals surface area contributed by atoms with E-state index in [2.05, 4.69) is 6.92 Å². The largest absolute Gasteiger partial charge is 0.507 e. The normalized spacial score (nSPS) is 18.5. The Kier molecular flexibility index (Phi) is 6.66. The monoisotopic (exact) mass is 489 g/mol. The second-order valence-electron chi connectivity index (χ2n) is 8.64. The molecule has 1 aromatic heterocycles. The van der Waals surface area contributed by atoms with E-state index in [1.165, 1.54) is 11.2 Å². The molecule has 2 aromatic carbocycles. The number of carbonyl (C=O) groups excluding carboxylic acids is 2. The molecule has 0 saturated carbocycles. The van der Waals surface area contributed by atoms with Crippen LogP contribution in [0.3, 0.4) is 0 Å². The second-order valence-corrected chi connectivity index (χ2v) is 8.64. The fourth-order valence-electron chi connectivity index (χ4n) is 4.42. The predicted molar refractivity (Wildman–Crippen MR) is 131 cm³/mol. The number of hydrogen-bond acceptors (Lipinski definition) is 7. The van der Waals surface area contributed by atoms with Gasteiger partial charge in [-0.2, -0.15) is 0 Å². The van der Waals surface area contributed by atoms with E-state index in [-0.39, 0.29) is 17.9 Å². The van der Waals surface area contributed by atoms with Gasteiger partial charge in [-0.3, -0.25) is 9.59 Å². The van der Waals surface area contributed by atoms with E-state index < -0.39 is 17.7 Å². The summed E-state index contributed by atoms with van der Waals surface area (Å²) >= 11 is 0. The number of furan rings is 1. The van der Waals surface area contributed by atoms with Crippen LogP contribution in [0.4, 0.5) is 0 Å². The van der Waals surface area contributed by atoms with Gasteiger partial charge in [-0.1, -0.05) is 25.5 Å². The van der Waals surface area contributed by atoms with Gasteiger partial charge in [0, 0.05) is 5.56 Å². The molecule has 3 heterocycles. The van der Waals surface area contributed by atoms with Crippen molar-refractivity contribution in [2.45, 2.75) is 32.4 Å². The number of rotatable bonds is 8. The van der Waals surface area contributed by atoms with Crippen LogP contribution in [-0.4, -0.2) is 41.5 Å². The zero-order valence-electron chi connectivity index (χ0n) is 19.9. The lowest BCUT2D eigenvalue weighted by atomic mass is 9.95. The van der Waals surface area contributed by atoms with Crippen molar-refractivity contribution in [3.8, 4) is 17.2 Å². The summed E-state index contributed by atoms with van der Waals surface area (Å²) in [4.78, 5) is 27.9. The maximum absolute atomic E-state index is 13.3. The predicted octanol–water partition coefficient (Wildman–Crippen LogP) is 4.85. The summed E-state index contributed by atoms with van der Waals surface area (Å²) in [5.41, 5.74) is 0.999. The maximum atomic E-state index is 13.3. The lowest BCUT2D eigenvalue weighted by Gasteiger charge is -2.25. The molecule has 0 aliphatic carbocycles. The molecule has 36 heavy (non-hydrogen) atoms. The maximum Gasteiger partial charge on any atom is 0.296 e. The van der Waals surface area contributed by atoms with E-state index >= 15 is 0 Å². The van der Waals surface area contributed by atoms with Crippen molar-refractivity contribution in [3.05, 3.63) is 83.3 Å². The van der Waals surface area contributed by atoms with E-state index in [1.54, 1.807) is 36.4 Å². The number of ketones is 1. The molecule has 3 aromatic rings. The molecule has 0 unspecified atom stereocenters. The molecule has 1 amide bonds. The van der Waals surface area contributed by atoms with Crippen LogP contribution >= 0.6 is 0 Å². The van der Waals surface area contributed by atoms with E-state index in [1.807, 2.05) is 18.2 Å². The molecule has 186 valence electrons. The molecule has 1 atom stereocenters. The van der Waals surface area contributed by atoms with Crippen molar-refractivity contribution >= 4 is 17.4 Å². The first-order valence-electron chi connectivity index (χ1n) is 12.0. The first kappa shape index (κ1) is 23.5. The number of aliphatic hydroxyl groups is 1. The molecule has 0 bridgehead atoms. The van der Waals surface area contributed by atoms with Gasteiger partial charge in [0.15, 0.2) is 11.5 Å². The highest BCUT2D eigenvalue weighted by molar-refractivity contribution is 6.46.